The molecule has 0 saturated carbocycles. The highest BCUT2D eigenvalue weighted by Crippen LogP contribution is 2.24. The van der Waals surface area contributed by atoms with Crippen LogP contribution < -0.4 is 20.9 Å². The molecular formula is C11H17N3O4S. The number of benzene rings is 1. The average Bonchev–Trinajstić information content (AvgIpc) is 2.35. The van der Waals surface area contributed by atoms with Gasteiger partial charge in [0.05, 0.1) is 17.7 Å². The first-order chi connectivity index (χ1) is 8.86. The Bertz CT molecular complexity index is 557. The Labute approximate surface area is 112 Å². The highest BCUT2D eigenvalue weighted by Gasteiger charge is 2.15. The first-order valence-electron chi connectivity index (χ1n) is 5.58. The number of primary amides is 1. The maximum Gasteiger partial charge on any atom is 0.240 e. The smallest absolute Gasteiger partial charge is 0.240 e. The van der Waals surface area contributed by atoms with Crippen molar-refractivity contribution in [2.45, 2.75) is 17.7 Å². The van der Waals surface area contributed by atoms with Gasteiger partial charge in [-0.25, -0.2) is 13.1 Å². The molecule has 0 spiro atoms. The monoisotopic (exact) mass is 287 g/mol. The maximum absolute atomic E-state index is 11.9. The van der Waals surface area contributed by atoms with Crippen LogP contribution in [0.2, 0.25) is 0 Å². The van der Waals surface area contributed by atoms with Crippen LogP contribution in [0.1, 0.15) is 12.8 Å². The minimum absolute atomic E-state index is 0.0534. The van der Waals surface area contributed by atoms with Crippen LogP contribution in [0.4, 0.5) is 5.69 Å². The van der Waals surface area contributed by atoms with Crippen molar-refractivity contribution < 1.29 is 17.9 Å². The number of amides is 1. The van der Waals surface area contributed by atoms with Gasteiger partial charge in [0, 0.05) is 19.0 Å². The number of nitrogen functional groups attached to an aromatic ring is 1. The van der Waals surface area contributed by atoms with Gasteiger partial charge in [-0.2, -0.15) is 0 Å². The van der Waals surface area contributed by atoms with E-state index in [9.17, 15) is 13.2 Å². The minimum Gasteiger partial charge on any atom is -0.495 e. The number of carbonyl (C=O) groups excluding carboxylic acids is 1. The van der Waals surface area contributed by atoms with Gasteiger partial charge in [-0.15, -0.1) is 0 Å². The fraction of sp³-hybridized carbons (Fsp3) is 0.364. The molecule has 0 unspecified atom stereocenters. The van der Waals surface area contributed by atoms with Gasteiger partial charge in [0.2, 0.25) is 15.9 Å². The number of rotatable bonds is 7. The molecule has 1 aromatic rings. The van der Waals surface area contributed by atoms with Gasteiger partial charge < -0.3 is 16.2 Å². The van der Waals surface area contributed by atoms with Crippen LogP contribution in [0.25, 0.3) is 0 Å². The predicted octanol–water partition coefficient (Wildman–Crippen LogP) is -0.179. The van der Waals surface area contributed by atoms with Crippen molar-refractivity contribution in [2.24, 2.45) is 5.73 Å². The summed E-state index contributed by atoms with van der Waals surface area (Å²) in [4.78, 5) is 10.6. The van der Waals surface area contributed by atoms with E-state index in [-0.39, 0.29) is 17.9 Å². The second-order valence-electron chi connectivity index (χ2n) is 3.87. The summed E-state index contributed by atoms with van der Waals surface area (Å²) in [6.07, 6.45) is 0.480. The number of nitrogens with two attached hydrogens (primary N) is 2. The summed E-state index contributed by atoms with van der Waals surface area (Å²) < 4.78 is 31.2. The molecule has 19 heavy (non-hydrogen) atoms. The Morgan fingerprint density at radius 1 is 1.42 bits per heavy atom. The number of nitrogens with one attached hydrogen (secondary N) is 1. The Morgan fingerprint density at radius 2 is 2.11 bits per heavy atom. The lowest BCUT2D eigenvalue weighted by atomic mass is 10.3. The van der Waals surface area contributed by atoms with E-state index in [1.807, 2.05) is 0 Å². The molecule has 7 nitrogen and oxygen atoms in total. The molecule has 5 N–H and O–H groups in total. The van der Waals surface area contributed by atoms with Crippen LogP contribution >= 0.6 is 0 Å². The predicted molar refractivity (Wildman–Crippen MR) is 71.0 cm³/mol. The third-order valence-electron chi connectivity index (χ3n) is 2.41. The molecule has 1 aromatic carbocycles. The molecule has 0 bridgehead atoms. The van der Waals surface area contributed by atoms with Gasteiger partial charge in [0.1, 0.15) is 5.75 Å². The number of ether oxygens (including phenoxy) is 1. The summed E-state index contributed by atoms with van der Waals surface area (Å²) in [5.74, 6) is -0.173. The van der Waals surface area contributed by atoms with Crippen LogP contribution in [-0.4, -0.2) is 28.0 Å². The van der Waals surface area contributed by atoms with Crippen molar-refractivity contribution >= 4 is 21.6 Å². The fourth-order valence-electron chi connectivity index (χ4n) is 1.41. The number of carbonyl (C=O) groups is 1. The van der Waals surface area contributed by atoms with Gasteiger partial charge in [-0.3, -0.25) is 4.79 Å². The molecule has 0 heterocycles. The van der Waals surface area contributed by atoms with Crippen molar-refractivity contribution in [1.82, 2.24) is 4.72 Å². The lowest BCUT2D eigenvalue weighted by Gasteiger charge is -2.09. The summed E-state index contributed by atoms with van der Waals surface area (Å²) in [6.45, 7) is 0.137. The molecule has 0 aromatic heterocycles. The van der Waals surface area contributed by atoms with Gasteiger partial charge in [-0.05, 0) is 18.6 Å². The third kappa shape index (κ3) is 4.42. The molecule has 0 atom stereocenters. The number of methoxy groups -OCH3 is 1. The van der Waals surface area contributed by atoms with Crippen LogP contribution in [0.3, 0.4) is 0 Å². The van der Waals surface area contributed by atoms with Gasteiger partial charge in [0.15, 0.2) is 0 Å². The van der Waals surface area contributed by atoms with Crippen LogP contribution in [0, 0.1) is 0 Å². The van der Waals surface area contributed by atoms with Crippen LogP contribution in [0.5, 0.6) is 5.75 Å². The zero-order chi connectivity index (χ0) is 14.5. The standard InChI is InChI=1S/C11H17N3O4S/c1-18-10-7-8(4-5-9(10)12)19(16,17)14-6-2-3-11(13)15/h4-5,7,14H,2-3,6,12H2,1H3,(H2,13,15). The van der Waals surface area contributed by atoms with E-state index in [4.69, 9.17) is 16.2 Å². The Balaban J connectivity index is 2.74. The minimum atomic E-state index is -3.65. The van der Waals surface area contributed by atoms with Crippen molar-refractivity contribution in [2.75, 3.05) is 19.4 Å². The van der Waals surface area contributed by atoms with E-state index in [0.717, 1.165) is 0 Å². The van der Waals surface area contributed by atoms with Gasteiger partial charge >= 0.3 is 0 Å². The largest absolute Gasteiger partial charge is 0.495 e. The van der Waals surface area contributed by atoms with Crippen molar-refractivity contribution in [3.05, 3.63) is 18.2 Å². The highest BCUT2D eigenvalue weighted by atomic mass is 32.2. The fourth-order valence-corrected chi connectivity index (χ4v) is 2.50. The summed E-state index contributed by atoms with van der Waals surface area (Å²) in [5, 5.41) is 0. The molecule has 0 radical (unpaired) electrons. The Hall–Kier alpha value is -1.80. The van der Waals surface area contributed by atoms with E-state index < -0.39 is 15.9 Å². The molecular weight excluding hydrogens is 270 g/mol. The first kappa shape index (κ1) is 15.3. The summed E-state index contributed by atoms with van der Waals surface area (Å²) in [5.41, 5.74) is 10.9. The molecule has 1 amide bonds. The first-order valence-corrected chi connectivity index (χ1v) is 7.06. The van der Waals surface area contributed by atoms with Crippen molar-refractivity contribution in [3.63, 3.8) is 0 Å². The number of anilines is 1. The zero-order valence-electron chi connectivity index (χ0n) is 10.5. The Morgan fingerprint density at radius 3 is 2.68 bits per heavy atom. The maximum atomic E-state index is 11.9. The summed E-state index contributed by atoms with van der Waals surface area (Å²) >= 11 is 0. The van der Waals surface area contributed by atoms with Crippen molar-refractivity contribution in [1.29, 1.82) is 0 Å². The molecule has 8 heteroatoms. The zero-order valence-corrected chi connectivity index (χ0v) is 11.4. The van der Waals surface area contributed by atoms with E-state index >= 15 is 0 Å². The summed E-state index contributed by atoms with van der Waals surface area (Å²) in [6, 6.07) is 4.18. The number of sulfonamides is 1. The molecule has 1 rings (SSSR count). The third-order valence-corrected chi connectivity index (χ3v) is 3.87. The van der Waals surface area contributed by atoms with Gasteiger partial charge in [-0.1, -0.05) is 0 Å². The second-order valence-corrected chi connectivity index (χ2v) is 5.64. The van der Waals surface area contributed by atoms with E-state index in [2.05, 4.69) is 4.72 Å². The molecule has 0 aliphatic rings. The van der Waals surface area contributed by atoms with Crippen LogP contribution in [-0.2, 0) is 14.8 Å². The van der Waals surface area contributed by atoms with E-state index in [0.29, 0.717) is 17.9 Å². The summed E-state index contributed by atoms with van der Waals surface area (Å²) in [7, 11) is -2.24. The lowest BCUT2D eigenvalue weighted by molar-refractivity contribution is -0.118. The quantitative estimate of drug-likeness (QED) is 0.474. The topological polar surface area (TPSA) is 125 Å². The highest BCUT2D eigenvalue weighted by molar-refractivity contribution is 7.89. The molecule has 0 aliphatic heterocycles. The van der Waals surface area contributed by atoms with E-state index in [1.165, 1.54) is 25.3 Å². The second kappa shape index (κ2) is 6.39. The Kier molecular flexibility index (Phi) is 5.13. The van der Waals surface area contributed by atoms with Crippen molar-refractivity contribution in [3.8, 4) is 5.75 Å². The van der Waals surface area contributed by atoms with E-state index in [1.54, 1.807) is 0 Å². The average molecular weight is 287 g/mol. The van der Waals surface area contributed by atoms with Crippen LogP contribution in [0.15, 0.2) is 23.1 Å². The van der Waals surface area contributed by atoms with Gasteiger partial charge in [0.25, 0.3) is 0 Å². The number of hydrogen-bond donors (Lipinski definition) is 3. The molecule has 0 saturated heterocycles. The normalized spacial score (nSPS) is 11.2. The SMILES string of the molecule is COc1cc(S(=O)(=O)NCCCC(N)=O)ccc1N. The molecule has 0 aliphatic carbocycles. The molecule has 0 fully saturated rings. The number of hydrogen-bond acceptors (Lipinski definition) is 5. The molecule has 106 valence electrons. The lowest BCUT2D eigenvalue weighted by Crippen LogP contribution is -2.26.